The van der Waals surface area contributed by atoms with Crippen LogP contribution in [0.5, 0.6) is 5.75 Å². The number of ether oxygens (including phenoxy) is 1. The van der Waals surface area contributed by atoms with E-state index >= 15 is 0 Å². The lowest BCUT2D eigenvalue weighted by atomic mass is 9.81. The number of para-hydroxylation sites is 1. The van der Waals surface area contributed by atoms with E-state index in [-0.39, 0.29) is 20.8 Å². The highest BCUT2D eigenvalue weighted by Gasteiger charge is 2.55. The molecule has 0 radical (unpaired) electrons. The number of carbonyl (C=O) groups excluding carboxylic acids is 4. The number of nitro benzene ring substituents is 1. The summed E-state index contributed by atoms with van der Waals surface area (Å²) in [7, 11) is 1.48. The summed E-state index contributed by atoms with van der Waals surface area (Å²) >= 11 is 7.04. The van der Waals surface area contributed by atoms with E-state index in [0.717, 1.165) is 11.1 Å². The van der Waals surface area contributed by atoms with E-state index in [1.165, 1.54) is 37.4 Å². The van der Waals surface area contributed by atoms with Crippen molar-refractivity contribution in [3.05, 3.63) is 69.8 Å². The molecule has 188 valence electrons. The number of nitro groups is 1. The number of halogens is 2. The molecule has 4 rings (SSSR count). The van der Waals surface area contributed by atoms with Crippen molar-refractivity contribution in [1.82, 2.24) is 10.0 Å². The van der Waals surface area contributed by atoms with Crippen LogP contribution in [0.2, 0.25) is 0 Å². The Kier molecular flexibility index (Phi) is 7.55. The number of nitrogens with zero attached hydrogens (tertiary/aromatic N) is 3. The normalized spacial score (nSPS) is 23.2. The van der Waals surface area contributed by atoms with Crippen molar-refractivity contribution in [3.8, 4) is 5.75 Å². The quantitative estimate of drug-likeness (QED) is 0.151. The number of fused-ring (bicyclic) bond motifs is 1. The lowest BCUT2D eigenvalue weighted by molar-refractivity contribution is -0.385. The van der Waals surface area contributed by atoms with Gasteiger partial charge in [0.15, 0.2) is 5.78 Å². The Hall–Kier alpha value is -3.12. The van der Waals surface area contributed by atoms with E-state index in [9.17, 15) is 29.3 Å². The SMILES string of the molecule is COc1ccc(C(=O)CN(C(=O)c2ccccc2[N+](=O)[O-])N2C(=O)[C@@H]3C[C@H](Br)[C@@H](Br)C[C@H]3C2=O)cc1. The van der Waals surface area contributed by atoms with Crippen molar-refractivity contribution in [1.29, 1.82) is 0 Å². The second kappa shape index (κ2) is 10.5. The fourth-order valence-corrected chi connectivity index (χ4v) is 5.74. The number of ketones is 1. The molecule has 2 fully saturated rings. The molecule has 2 aromatic rings. The van der Waals surface area contributed by atoms with Crippen molar-refractivity contribution in [2.75, 3.05) is 13.7 Å². The third kappa shape index (κ3) is 4.79. The molecule has 0 unspecified atom stereocenters. The van der Waals surface area contributed by atoms with Gasteiger partial charge in [0.25, 0.3) is 23.4 Å². The highest BCUT2D eigenvalue weighted by atomic mass is 79.9. The lowest BCUT2D eigenvalue weighted by Gasteiger charge is -2.30. The molecule has 2 aliphatic rings. The largest absolute Gasteiger partial charge is 0.497 e. The number of rotatable bonds is 7. The van der Waals surface area contributed by atoms with Gasteiger partial charge in [0.05, 0.1) is 23.9 Å². The van der Waals surface area contributed by atoms with Gasteiger partial charge in [0.1, 0.15) is 17.9 Å². The standard InChI is InChI=1S/C24H21Br2N3O7/c1-36-14-8-6-13(7-9-14)21(30)12-27(22(31)15-4-2-3-5-20(15)29(34)35)28-23(32)16-10-18(25)19(26)11-17(16)24(28)33/h2-9,16-19H,10-12H2,1H3/t16-,17-,18+,19+/m1/s1. The fraction of sp³-hybridized carbons (Fsp3) is 0.333. The molecular formula is C24H21Br2N3O7. The Labute approximate surface area is 222 Å². The molecular weight excluding hydrogens is 602 g/mol. The Morgan fingerprint density at radius 1 is 1.03 bits per heavy atom. The first-order chi connectivity index (χ1) is 17.1. The van der Waals surface area contributed by atoms with Crippen LogP contribution >= 0.6 is 31.9 Å². The predicted octanol–water partition coefficient (Wildman–Crippen LogP) is 3.77. The van der Waals surface area contributed by atoms with Crippen molar-refractivity contribution in [3.63, 3.8) is 0 Å². The molecule has 12 heteroatoms. The first kappa shape index (κ1) is 26.0. The Morgan fingerprint density at radius 3 is 2.11 bits per heavy atom. The molecule has 1 saturated carbocycles. The number of alkyl halides is 2. The molecule has 1 saturated heterocycles. The molecule has 0 bridgehead atoms. The maximum absolute atomic E-state index is 13.6. The minimum Gasteiger partial charge on any atom is -0.497 e. The van der Waals surface area contributed by atoms with Gasteiger partial charge in [-0.3, -0.25) is 29.3 Å². The molecule has 36 heavy (non-hydrogen) atoms. The van der Waals surface area contributed by atoms with Crippen LogP contribution in [-0.2, 0) is 9.59 Å². The molecule has 2 aromatic carbocycles. The van der Waals surface area contributed by atoms with Gasteiger partial charge >= 0.3 is 0 Å². The van der Waals surface area contributed by atoms with Crippen LogP contribution in [-0.4, -0.2) is 61.8 Å². The highest BCUT2D eigenvalue weighted by molar-refractivity contribution is 9.12. The molecule has 10 nitrogen and oxygen atoms in total. The summed E-state index contributed by atoms with van der Waals surface area (Å²) in [6, 6.07) is 11.3. The minimum absolute atomic E-state index is 0.0595. The van der Waals surface area contributed by atoms with Crippen molar-refractivity contribution < 1.29 is 28.8 Å². The van der Waals surface area contributed by atoms with Gasteiger partial charge in [-0.1, -0.05) is 44.0 Å². The molecule has 3 amide bonds. The number of imide groups is 1. The number of Topliss-reactive ketones (excluding diaryl/α,β-unsaturated/α-hetero) is 1. The first-order valence-electron chi connectivity index (χ1n) is 11.0. The number of methoxy groups -OCH3 is 1. The van der Waals surface area contributed by atoms with Crippen LogP contribution in [0.4, 0.5) is 5.69 Å². The fourth-order valence-electron chi connectivity index (χ4n) is 4.51. The van der Waals surface area contributed by atoms with Crippen LogP contribution in [0.25, 0.3) is 0 Å². The molecule has 1 heterocycles. The summed E-state index contributed by atoms with van der Waals surface area (Å²) in [4.78, 5) is 64.4. The summed E-state index contributed by atoms with van der Waals surface area (Å²) in [5.74, 6) is -3.60. The zero-order valence-corrected chi connectivity index (χ0v) is 22.2. The zero-order chi connectivity index (χ0) is 26.1. The molecule has 4 atom stereocenters. The van der Waals surface area contributed by atoms with Crippen LogP contribution < -0.4 is 4.74 Å². The van der Waals surface area contributed by atoms with Crippen LogP contribution in [0.3, 0.4) is 0 Å². The van der Waals surface area contributed by atoms with Crippen molar-refractivity contribution in [2.45, 2.75) is 22.5 Å². The lowest BCUT2D eigenvalue weighted by Crippen LogP contribution is -2.52. The summed E-state index contributed by atoms with van der Waals surface area (Å²) < 4.78 is 5.10. The van der Waals surface area contributed by atoms with E-state index in [4.69, 9.17) is 4.74 Å². The van der Waals surface area contributed by atoms with Gasteiger partial charge in [-0.05, 0) is 43.2 Å². The number of carbonyl (C=O) groups is 4. The van der Waals surface area contributed by atoms with Crippen LogP contribution in [0, 0.1) is 22.0 Å². The average molecular weight is 623 g/mol. The molecule has 0 N–H and O–H groups in total. The third-order valence-electron chi connectivity index (χ3n) is 6.40. The topological polar surface area (TPSA) is 127 Å². The van der Waals surface area contributed by atoms with E-state index < -0.39 is 52.5 Å². The Balaban J connectivity index is 1.73. The maximum Gasteiger partial charge on any atom is 0.282 e. The third-order valence-corrected chi connectivity index (χ3v) is 9.13. The summed E-state index contributed by atoms with van der Waals surface area (Å²) in [6.45, 7) is -0.663. The van der Waals surface area contributed by atoms with E-state index in [1.54, 1.807) is 12.1 Å². The number of benzene rings is 2. The first-order valence-corrected chi connectivity index (χ1v) is 12.9. The molecule has 0 spiro atoms. The monoisotopic (exact) mass is 621 g/mol. The van der Waals surface area contributed by atoms with Gasteiger partial charge in [-0.25, -0.2) is 5.01 Å². The number of amides is 3. The number of hydrogen-bond acceptors (Lipinski definition) is 7. The smallest absolute Gasteiger partial charge is 0.282 e. The summed E-state index contributed by atoms with van der Waals surface area (Å²) in [5, 5.41) is 13.0. The highest BCUT2D eigenvalue weighted by Crippen LogP contribution is 2.44. The van der Waals surface area contributed by atoms with Crippen LogP contribution in [0.1, 0.15) is 33.6 Å². The average Bonchev–Trinajstić information content (AvgIpc) is 3.11. The van der Waals surface area contributed by atoms with Crippen molar-refractivity contribution in [2.24, 2.45) is 11.8 Å². The summed E-state index contributed by atoms with van der Waals surface area (Å²) in [5.41, 5.74) is -0.618. The zero-order valence-electron chi connectivity index (χ0n) is 19.0. The van der Waals surface area contributed by atoms with E-state index in [2.05, 4.69) is 31.9 Å². The van der Waals surface area contributed by atoms with Gasteiger partial charge < -0.3 is 4.74 Å². The molecule has 1 aliphatic carbocycles. The minimum atomic E-state index is -0.990. The van der Waals surface area contributed by atoms with Gasteiger partial charge in [-0.2, -0.15) is 5.01 Å². The Bertz CT molecular complexity index is 1210. The Morgan fingerprint density at radius 2 is 1.58 bits per heavy atom. The maximum atomic E-state index is 13.6. The van der Waals surface area contributed by atoms with Crippen LogP contribution in [0.15, 0.2) is 48.5 Å². The van der Waals surface area contributed by atoms with E-state index in [0.29, 0.717) is 23.6 Å². The predicted molar refractivity (Wildman–Crippen MR) is 135 cm³/mol. The molecule has 0 aromatic heterocycles. The second-order valence-electron chi connectivity index (χ2n) is 8.49. The second-order valence-corrected chi connectivity index (χ2v) is 10.8. The van der Waals surface area contributed by atoms with Gasteiger partial charge in [-0.15, -0.1) is 0 Å². The van der Waals surface area contributed by atoms with E-state index in [1.807, 2.05) is 0 Å². The van der Waals surface area contributed by atoms with Gasteiger partial charge in [0, 0.05) is 21.3 Å². The number of hydrazine groups is 1. The van der Waals surface area contributed by atoms with Crippen molar-refractivity contribution >= 4 is 61.1 Å². The van der Waals surface area contributed by atoms with Gasteiger partial charge in [0.2, 0.25) is 0 Å². The summed E-state index contributed by atoms with van der Waals surface area (Å²) in [6.07, 6.45) is 0.725. The number of hydrogen-bond donors (Lipinski definition) is 0. The molecule has 1 aliphatic heterocycles.